The van der Waals surface area contributed by atoms with Crippen LogP contribution in [0.25, 0.3) is 22.5 Å². The molecular formula is C22H17Cl3N4OS2. The molecule has 2 heterocycles. The average Bonchev–Trinajstić information content (AvgIpc) is 3.33. The quantitative estimate of drug-likeness (QED) is 0.214. The highest BCUT2D eigenvalue weighted by Crippen LogP contribution is 2.39. The van der Waals surface area contributed by atoms with E-state index in [-0.39, 0.29) is 11.7 Å². The van der Waals surface area contributed by atoms with Gasteiger partial charge in [-0.15, -0.1) is 21.5 Å². The van der Waals surface area contributed by atoms with E-state index in [1.54, 1.807) is 11.3 Å². The highest BCUT2D eigenvalue weighted by molar-refractivity contribution is 7.99. The zero-order valence-corrected chi connectivity index (χ0v) is 20.9. The Morgan fingerprint density at radius 3 is 2.56 bits per heavy atom. The predicted molar refractivity (Wildman–Crippen MR) is 135 cm³/mol. The van der Waals surface area contributed by atoms with Crippen molar-refractivity contribution in [2.45, 2.75) is 12.1 Å². The van der Waals surface area contributed by atoms with Crippen LogP contribution in [-0.4, -0.2) is 26.4 Å². The minimum atomic E-state index is -0.240. The number of halogens is 3. The molecule has 164 valence electrons. The fourth-order valence-electron chi connectivity index (χ4n) is 3.19. The number of hydrogen-bond donors (Lipinski definition) is 1. The van der Waals surface area contributed by atoms with Crippen LogP contribution >= 0.6 is 57.9 Å². The molecule has 0 aliphatic heterocycles. The van der Waals surface area contributed by atoms with Crippen molar-refractivity contribution in [3.05, 3.63) is 67.8 Å². The first-order chi connectivity index (χ1) is 15.3. The van der Waals surface area contributed by atoms with E-state index in [4.69, 9.17) is 34.8 Å². The number of nitrogens with one attached hydrogen (secondary N) is 1. The Labute approximate surface area is 208 Å². The summed E-state index contributed by atoms with van der Waals surface area (Å²) in [5.74, 6) is 0.649. The number of amides is 1. The molecule has 0 saturated carbocycles. The van der Waals surface area contributed by atoms with Crippen molar-refractivity contribution in [3.8, 4) is 22.5 Å². The maximum Gasteiger partial charge on any atom is 0.234 e. The summed E-state index contributed by atoms with van der Waals surface area (Å²) >= 11 is 21.1. The third-order valence-corrected chi connectivity index (χ3v) is 7.70. The number of rotatable bonds is 6. The SMILES string of the molecule is Cc1scc(-c2nnc(SCC(=O)Nc3cc(Cl)c(Cl)cc3Cl)n2C)c1-c1ccccc1. The largest absolute Gasteiger partial charge is 0.324 e. The van der Waals surface area contributed by atoms with Crippen LogP contribution in [0.15, 0.2) is 53.0 Å². The Kier molecular flexibility index (Phi) is 7.12. The highest BCUT2D eigenvalue weighted by Gasteiger charge is 2.19. The van der Waals surface area contributed by atoms with Crippen LogP contribution < -0.4 is 5.32 Å². The van der Waals surface area contributed by atoms with E-state index in [1.807, 2.05) is 29.8 Å². The molecule has 0 aliphatic rings. The highest BCUT2D eigenvalue weighted by atomic mass is 35.5. The third-order valence-electron chi connectivity index (χ3n) is 4.73. The lowest BCUT2D eigenvalue weighted by Crippen LogP contribution is -2.14. The molecule has 0 bridgehead atoms. The second kappa shape index (κ2) is 9.85. The van der Waals surface area contributed by atoms with E-state index in [2.05, 4.69) is 40.0 Å². The van der Waals surface area contributed by atoms with Crippen LogP contribution in [0.4, 0.5) is 5.69 Å². The maximum atomic E-state index is 12.4. The molecule has 0 aliphatic carbocycles. The first-order valence-corrected chi connectivity index (χ1v) is 12.5. The summed E-state index contributed by atoms with van der Waals surface area (Å²) in [7, 11) is 1.90. The Hall–Kier alpha value is -2.03. The van der Waals surface area contributed by atoms with Crippen molar-refractivity contribution < 1.29 is 4.79 Å². The number of carbonyl (C=O) groups is 1. The average molecular weight is 524 g/mol. The van der Waals surface area contributed by atoms with Crippen LogP contribution in [0.1, 0.15) is 4.88 Å². The number of aryl methyl sites for hydroxylation is 1. The monoisotopic (exact) mass is 522 g/mol. The molecular weight excluding hydrogens is 507 g/mol. The number of carbonyl (C=O) groups excluding carboxylic acids is 1. The molecule has 4 aromatic rings. The standard InChI is InChI=1S/C22H17Cl3N4OS2/c1-12-20(13-6-4-3-5-7-13)14(10-31-12)21-27-28-22(29(21)2)32-11-19(30)26-18-9-16(24)15(23)8-17(18)25/h3-10H,11H2,1-2H3,(H,26,30). The fraction of sp³-hybridized carbons (Fsp3) is 0.136. The summed E-state index contributed by atoms with van der Waals surface area (Å²) in [5, 5.41) is 15.1. The van der Waals surface area contributed by atoms with Crippen LogP contribution in [0, 0.1) is 6.92 Å². The van der Waals surface area contributed by atoms with Gasteiger partial charge in [0.25, 0.3) is 0 Å². The van der Waals surface area contributed by atoms with Gasteiger partial charge in [-0.05, 0) is 24.6 Å². The van der Waals surface area contributed by atoms with E-state index in [0.29, 0.717) is 25.9 Å². The second-order valence-corrected chi connectivity index (χ2v) is 10.1. The first kappa shape index (κ1) is 23.1. The number of benzene rings is 2. The summed E-state index contributed by atoms with van der Waals surface area (Å²) in [5.41, 5.74) is 3.71. The van der Waals surface area contributed by atoms with Gasteiger partial charge in [0.1, 0.15) is 0 Å². The zero-order valence-electron chi connectivity index (χ0n) is 17.0. The normalized spacial score (nSPS) is 11.0. The number of thioether (sulfide) groups is 1. The maximum absolute atomic E-state index is 12.4. The molecule has 4 rings (SSSR count). The minimum absolute atomic E-state index is 0.136. The van der Waals surface area contributed by atoms with Gasteiger partial charge in [-0.2, -0.15) is 0 Å². The van der Waals surface area contributed by atoms with Gasteiger partial charge in [0.2, 0.25) is 5.91 Å². The van der Waals surface area contributed by atoms with E-state index >= 15 is 0 Å². The second-order valence-electron chi connectivity index (χ2n) is 6.89. The van der Waals surface area contributed by atoms with Crippen LogP contribution in [0.3, 0.4) is 0 Å². The van der Waals surface area contributed by atoms with Gasteiger partial charge in [0.15, 0.2) is 11.0 Å². The predicted octanol–water partition coefficient (Wildman–Crippen LogP) is 7.21. The van der Waals surface area contributed by atoms with Crippen molar-refractivity contribution in [2.75, 3.05) is 11.1 Å². The van der Waals surface area contributed by atoms with Crippen molar-refractivity contribution in [1.82, 2.24) is 14.8 Å². The number of anilines is 1. The van der Waals surface area contributed by atoms with Gasteiger partial charge in [-0.1, -0.05) is 76.9 Å². The van der Waals surface area contributed by atoms with E-state index in [1.165, 1.54) is 28.8 Å². The van der Waals surface area contributed by atoms with Crippen LogP contribution in [-0.2, 0) is 11.8 Å². The van der Waals surface area contributed by atoms with Crippen molar-refractivity contribution in [1.29, 1.82) is 0 Å². The van der Waals surface area contributed by atoms with E-state index in [9.17, 15) is 4.79 Å². The lowest BCUT2D eigenvalue weighted by Gasteiger charge is -2.09. The topological polar surface area (TPSA) is 59.8 Å². The third kappa shape index (κ3) is 4.82. The van der Waals surface area contributed by atoms with Crippen LogP contribution in [0.2, 0.25) is 15.1 Å². The molecule has 0 spiro atoms. The van der Waals surface area contributed by atoms with Crippen molar-refractivity contribution >= 4 is 69.5 Å². The smallest absolute Gasteiger partial charge is 0.234 e. The lowest BCUT2D eigenvalue weighted by molar-refractivity contribution is -0.113. The summed E-state index contributed by atoms with van der Waals surface area (Å²) in [6.45, 7) is 2.10. The summed E-state index contributed by atoms with van der Waals surface area (Å²) in [6.07, 6.45) is 0. The molecule has 2 aromatic carbocycles. The molecule has 1 N–H and O–H groups in total. The molecule has 5 nitrogen and oxygen atoms in total. The van der Waals surface area contributed by atoms with Gasteiger partial charge in [0.05, 0.1) is 26.5 Å². The zero-order chi connectivity index (χ0) is 22.8. The van der Waals surface area contributed by atoms with Gasteiger partial charge >= 0.3 is 0 Å². The Morgan fingerprint density at radius 1 is 1.09 bits per heavy atom. The summed E-state index contributed by atoms with van der Waals surface area (Å²) < 4.78 is 1.90. The molecule has 0 saturated heterocycles. The van der Waals surface area contributed by atoms with Crippen molar-refractivity contribution in [2.24, 2.45) is 7.05 Å². The summed E-state index contributed by atoms with van der Waals surface area (Å²) in [4.78, 5) is 13.7. The molecule has 10 heteroatoms. The molecule has 1 amide bonds. The Morgan fingerprint density at radius 2 is 1.81 bits per heavy atom. The number of thiophene rings is 1. The minimum Gasteiger partial charge on any atom is -0.324 e. The molecule has 32 heavy (non-hydrogen) atoms. The summed E-state index contributed by atoms with van der Waals surface area (Å²) in [6, 6.07) is 13.2. The van der Waals surface area contributed by atoms with E-state index in [0.717, 1.165) is 22.5 Å². The van der Waals surface area contributed by atoms with Crippen LogP contribution in [0.5, 0.6) is 0 Å². The molecule has 0 radical (unpaired) electrons. The van der Waals surface area contributed by atoms with Gasteiger partial charge in [-0.25, -0.2) is 0 Å². The van der Waals surface area contributed by atoms with Gasteiger partial charge in [-0.3, -0.25) is 4.79 Å². The first-order valence-electron chi connectivity index (χ1n) is 9.45. The molecule has 2 aromatic heterocycles. The number of hydrogen-bond acceptors (Lipinski definition) is 5. The molecule has 0 atom stereocenters. The Bertz CT molecular complexity index is 1290. The number of aromatic nitrogens is 3. The van der Waals surface area contributed by atoms with Crippen molar-refractivity contribution in [3.63, 3.8) is 0 Å². The number of nitrogens with zero attached hydrogens (tertiary/aromatic N) is 3. The van der Waals surface area contributed by atoms with Gasteiger partial charge < -0.3 is 9.88 Å². The van der Waals surface area contributed by atoms with Gasteiger partial charge in [0, 0.05) is 28.4 Å². The lowest BCUT2D eigenvalue weighted by atomic mass is 10.0. The molecule has 0 fully saturated rings. The van der Waals surface area contributed by atoms with E-state index < -0.39 is 0 Å². The molecule has 0 unspecified atom stereocenters. The fourth-order valence-corrected chi connectivity index (χ4v) is 5.36. The Balaban J connectivity index is 1.50.